The Morgan fingerprint density at radius 1 is 1.15 bits per heavy atom. The van der Waals surface area contributed by atoms with Crippen LogP contribution in [0.2, 0.25) is 0 Å². The molecule has 2 aromatic heterocycles. The molecule has 1 saturated heterocycles. The van der Waals surface area contributed by atoms with Crippen LogP contribution in [0.15, 0.2) is 67.3 Å². The second-order valence-corrected chi connectivity index (χ2v) is 6.39. The Kier molecular flexibility index (Phi) is 6.21. The zero-order chi connectivity index (χ0) is 17.8. The number of pyridine rings is 1. The SMILES string of the molecule is Cl.O=C(Cc1ccc(-n2cccn2)cc1)N1CCNCC1c1cccnc1. The van der Waals surface area contributed by atoms with Crippen molar-refractivity contribution in [2.24, 2.45) is 0 Å². The first-order valence-corrected chi connectivity index (χ1v) is 8.80. The standard InChI is InChI=1S/C20H21N5O.ClH/c26-20(13-16-4-6-18(7-5-16)25-11-2-9-23-25)24-12-10-22-15-19(24)17-3-1-8-21-14-17;/h1-9,11,14,19,22H,10,12-13,15H2;1H. The van der Waals surface area contributed by atoms with Crippen LogP contribution in [0.3, 0.4) is 0 Å². The van der Waals surface area contributed by atoms with E-state index in [-0.39, 0.29) is 24.4 Å². The maximum absolute atomic E-state index is 12.9. The fourth-order valence-electron chi connectivity index (χ4n) is 3.34. The van der Waals surface area contributed by atoms with E-state index in [2.05, 4.69) is 15.4 Å². The molecule has 0 spiro atoms. The Hall–Kier alpha value is -2.70. The van der Waals surface area contributed by atoms with Crippen LogP contribution in [0.1, 0.15) is 17.2 Å². The van der Waals surface area contributed by atoms with E-state index in [9.17, 15) is 4.79 Å². The lowest BCUT2D eigenvalue weighted by atomic mass is 10.0. The molecule has 3 aromatic rings. The molecular formula is C20H22ClN5O. The van der Waals surface area contributed by atoms with Gasteiger partial charge in [-0.3, -0.25) is 9.78 Å². The second-order valence-electron chi connectivity index (χ2n) is 6.39. The van der Waals surface area contributed by atoms with Crippen LogP contribution in [0, 0.1) is 0 Å². The van der Waals surface area contributed by atoms with Crippen LogP contribution < -0.4 is 5.32 Å². The first-order valence-electron chi connectivity index (χ1n) is 8.80. The van der Waals surface area contributed by atoms with E-state index in [0.29, 0.717) is 13.0 Å². The number of aromatic nitrogens is 3. The molecule has 0 aliphatic carbocycles. The lowest BCUT2D eigenvalue weighted by molar-refractivity contribution is -0.133. The summed E-state index contributed by atoms with van der Waals surface area (Å²) in [5.74, 6) is 0.146. The Bertz CT molecular complexity index is 852. The molecule has 1 amide bonds. The van der Waals surface area contributed by atoms with E-state index < -0.39 is 0 Å². The van der Waals surface area contributed by atoms with Gasteiger partial charge in [0.15, 0.2) is 0 Å². The van der Waals surface area contributed by atoms with Crippen molar-refractivity contribution < 1.29 is 4.79 Å². The minimum absolute atomic E-state index is 0. The molecule has 1 aromatic carbocycles. The number of hydrogen-bond acceptors (Lipinski definition) is 4. The maximum atomic E-state index is 12.9. The molecule has 27 heavy (non-hydrogen) atoms. The van der Waals surface area contributed by atoms with Crippen LogP contribution in [-0.4, -0.2) is 45.2 Å². The fraction of sp³-hybridized carbons (Fsp3) is 0.250. The van der Waals surface area contributed by atoms with Crippen molar-refractivity contribution in [3.8, 4) is 5.69 Å². The molecule has 1 N–H and O–H groups in total. The zero-order valence-corrected chi connectivity index (χ0v) is 15.7. The van der Waals surface area contributed by atoms with Gasteiger partial charge in [-0.05, 0) is 35.4 Å². The van der Waals surface area contributed by atoms with Crippen molar-refractivity contribution in [2.75, 3.05) is 19.6 Å². The summed E-state index contributed by atoms with van der Waals surface area (Å²) in [5, 5.41) is 7.60. The minimum atomic E-state index is 0. The number of carbonyl (C=O) groups excluding carboxylic acids is 1. The first-order chi connectivity index (χ1) is 12.8. The van der Waals surface area contributed by atoms with Crippen molar-refractivity contribution in [1.82, 2.24) is 25.0 Å². The molecule has 1 aliphatic rings. The van der Waals surface area contributed by atoms with Gasteiger partial charge >= 0.3 is 0 Å². The van der Waals surface area contributed by atoms with E-state index in [1.54, 1.807) is 17.1 Å². The second kappa shape index (κ2) is 8.79. The largest absolute Gasteiger partial charge is 0.333 e. The van der Waals surface area contributed by atoms with Crippen LogP contribution in [0.4, 0.5) is 0 Å². The number of rotatable bonds is 4. The van der Waals surface area contributed by atoms with Crippen molar-refractivity contribution in [3.05, 3.63) is 78.4 Å². The van der Waals surface area contributed by atoms with E-state index in [1.165, 1.54) is 0 Å². The molecule has 4 rings (SSSR count). The minimum Gasteiger partial charge on any atom is -0.333 e. The molecule has 6 nitrogen and oxygen atoms in total. The topological polar surface area (TPSA) is 63.1 Å². The Morgan fingerprint density at radius 2 is 2.00 bits per heavy atom. The van der Waals surface area contributed by atoms with Crippen LogP contribution >= 0.6 is 12.4 Å². The van der Waals surface area contributed by atoms with Gasteiger partial charge < -0.3 is 10.2 Å². The Labute approximate surface area is 164 Å². The number of piperazine rings is 1. The van der Waals surface area contributed by atoms with Gasteiger partial charge in [-0.1, -0.05) is 18.2 Å². The molecule has 0 radical (unpaired) electrons. The monoisotopic (exact) mass is 383 g/mol. The normalized spacial score (nSPS) is 16.6. The van der Waals surface area contributed by atoms with E-state index in [0.717, 1.165) is 29.9 Å². The number of hydrogen-bond donors (Lipinski definition) is 1. The lowest BCUT2D eigenvalue weighted by Gasteiger charge is -2.36. The fourth-order valence-corrected chi connectivity index (χ4v) is 3.34. The first kappa shape index (κ1) is 19.1. The molecule has 1 atom stereocenters. The van der Waals surface area contributed by atoms with Crippen LogP contribution in [0.25, 0.3) is 5.69 Å². The summed E-state index contributed by atoms with van der Waals surface area (Å²) in [6.45, 7) is 2.29. The lowest BCUT2D eigenvalue weighted by Crippen LogP contribution is -2.49. The molecule has 1 fully saturated rings. The molecule has 1 unspecified atom stereocenters. The third-order valence-electron chi connectivity index (χ3n) is 4.69. The van der Waals surface area contributed by atoms with Crippen molar-refractivity contribution in [2.45, 2.75) is 12.5 Å². The van der Waals surface area contributed by atoms with Crippen molar-refractivity contribution in [1.29, 1.82) is 0 Å². The molecular weight excluding hydrogens is 362 g/mol. The van der Waals surface area contributed by atoms with Crippen LogP contribution in [-0.2, 0) is 11.2 Å². The average molecular weight is 384 g/mol. The number of carbonyl (C=O) groups is 1. The predicted molar refractivity (Wildman–Crippen MR) is 106 cm³/mol. The van der Waals surface area contributed by atoms with E-state index in [1.807, 2.05) is 59.8 Å². The van der Waals surface area contributed by atoms with Gasteiger partial charge in [-0.2, -0.15) is 5.10 Å². The number of benzene rings is 1. The highest BCUT2D eigenvalue weighted by Crippen LogP contribution is 2.22. The van der Waals surface area contributed by atoms with Gasteiger partial charge in [-0.25, -0.2) is 4.68 Å². The third-order valence-corrected chi connectivity index (χ3v) is 4.69. The van der Waals surface area contributed by atoms with Crippen LogP contribution in [0.5, 0.6) is 0 Å². The summed E-state index contributed by atoms with van der Waals surface area (Å²) in [6.07, 6.45) is 7.65. The number of amides is 1. The summed E-state index contributed by atoms with van der Waals surface area (Å²) in [6, 6.07) is 13.9. The highest BCUT2D eigenvalue weighted by atomic mass is 35.5. The maximum Gasteiger partial charge on any atom is 0.227 e. The number of halogens is 1. The predicted octanol–water partition coefficient (Wildman–Crippen LogP) is 2.40. The third kappa shape index (κ3) is 4.35. The number of nitrogens with one attached hydrogen (secondary N) is 1. The molecule has 0 bridgehead atoms. The van der Waals surface area contributed by atoms with E-state index >= 15 is 0 Å². The van der Waals surface area contributed by atoms with Gasteiger partial charge in [0.2, 0.25) is 5.91 Å². The Morgan fingerprint density at radius 3 is 2.70 bits per heavy atom. The highest BCUT2D eigenvalue weighted by molar-refractivity contribution is 5.85. The van der Waals surface area contributed by atoms with Crippen molar-refractivity contribution >= 4 is 18.3 Å². The number of nitrogens with zero attached hydrogens (tertiary/aromatic N) is 4. The summed E-state index contributed by atoms with van der Waals surface area (Å²) >= 11 is 0. The summed E-state index contributed by atoms with van der Waals surface area (Å²) in [7, 11) is 0. The average Bonchev–Trinajstić information content (AvgIpc) is 3.24. The van der Waals surface area contributed by atoms with Gasteiger partial charge in [0, 0.05) is 44.4 Å². The van der Waals surface area contributed by atoms with Gasteiger partial charge in [0.1, 0.15) is 0 Å². The van der Waals surface area contributed by atoms with E-state index in [4.69, 9.17) is 0 Å². The van der Waals surface area contributed by atoms with Crippen molar-refractivity contribution in [3.63, 3.8) is 0 Å². The summed E-state index contributed by atoms with van der Waals surface area (Å²) in [5.41, 5.74) is 3.07. The molecule has 1 aliphatic heterocycles. The summed E-state index contributed by atoms with van der Waals surface area (Å²) < 4.78 is 1.81. The molecule has 140 valence electrons. The molecule has 7 heteroatoms. The van der Waals surface area contributed by atoms with Gasteiger partial charge in [0.25, 0.3) is 0 Å². The molecule has 0 saturated carbocycles. The zero-order valence-electron chi connectivity index (χ0n) is 14.9. The summed E-state index contributed by atoms with van der Waals surface area (Å²) in [4.78, 5) is 19.1. The Balaban J connectivity index is 0.00000210. The van der Waals surface area contributed by atoms with Gasteiger partial charge in [0.05, 0.1) is 18.2 Å². The smallest absolute Gasteiger partial charge is 0.227 e. The quantitative estimate of drug-likeness (QED) is 0.751. The molecule has 3 heterocycles. The highest BCUT2D eigenvalue weighted by Gasteiger charge is 2.27. The van der Waals surface area contributed by atoms with Gasteiger partial charge in [-0.15, -0.1) is 12.4 Å².